The molecule has 1 aliphatic rings. The number of anilines is 1. The lowest BCUT2D eigenvalue weighted by Crippen LogP contribution is -2.25. The summed E-state index contributed by atoms with van der Waals surface area (Å²) < 4.78 is 6.88. The van der Waals surface area contributed by atoms with Gasteiger partial charge in [0.1, 0.15) is 6.61 Å². The maximum Gasteiger partial charge on any atom is 0.302 e. The molecule has 1 aliphatic heterocycles. The predicted molar refractivity (Wildman–Crippen MR) is 45.7 cm³/mol. The summed E-state index contributed by atoms with van der Waals surface area (Å²) in [7, 11) is 3.67. The lowest BCUT2D eigenvalue weighted by atomic mass is 10.7. The molecule has 2 heterocycles. The van der Waals surface area contributed by atoms with E-state index in [4.69, 9.17) is 10.1 Å². The standard InChI is InChI=1S/C7H11N5O/c1-11(2)6-9-5(8)12-3-4-13-7(12)10-6/h8H,3-4H2,1-2H3. The Hall–Kier alpha value is -1.59. The number of nitrogens with zero attached hydrogens (tertiary/aromatic N) is 4. The number of aromatic nitrogens is 3. The Morgan fingerprint density at radius 3 is 2.92 bits per heavy atom. The molecule has 70 valence electrons. The minimum atomic E-state index is 0.200. The highest BCUT2D eigenvalue weighted by molar-refractivity contribution is 5.26. The maximum atomic E-state index is 7.59. The summed E-state index contributed by atoms with van der Waals surface area (Å²) in [4.78, 5) is 9.91. The fourth-order valence-corrected chi connectivity index (χ4v) is 1.16. The first kappa shape index (κ1) is 8.03. The van der Waals surface area contributed by atoms with Gasteiger partial charge in [-0.25, -0.2) is 0 Å². The molecule has 0 radical (unpaired) electrons. The van der Waals surface area contributed by atoms with Crippen LogP contribution in [0.4, 0.5) is 5.95 Å². The highest BCUT2D eigenvalue weighted by Gasteiger charge is 2.15. The number of fused-ring (bicyclic) bond motifs is 1. The largest absolute Gasteiger partial charge is 0.463 e. The van der Waals surface area contributed by atoms with E-state index in [0.717, 1.165) is 0 Å². The van der Waals surface area contributed by atoms with E-state index in [1.807, 2.05) is 14.1 Å². The lowest BCUT2D eigenvalue weighted by Gasteiger charge is -2.10. The third kappa shape index (κ3) is 1.24. The number of ether oxygens (including phenoxy) is 1. The van der Waals surface area contributed by atoms with Crippen molar-refractivity contribution in [2.24, 2.45) is 0 Å². The molecule has 1 aromatic rings. The number of nitrogens with one attached hydrogen (secondary N) is 1. The summed E-state index contributed by atoms with van der Waals surface area (Å²) in [6, 6.07) is 0.490. The fourth-order valence-electron chi connectivity index (χ4n) is 1.16. The van der Waals surface area contributed by atoms with Crippen LogP contribution >= 0.6 is 0 Å². The molecule has 0 aliphatic carbocycles. The molecular weight excluding hydrogens is 170 g/mol. The smallest absolute Gasteiger partial charge is 0.302 e. The van der Waals surface area contributed by atoms with Crippen molar-refractivity contribution in [3.8, 4) is 6.01 Å². The van der Waals surface area contributed by atoms with Crippen molar-refractivity contribution < 1.29 is 4.74 Å². The van der Waals surface area contributed by atoms with Gasteiger partial charge in [-0.15, -0.1) is 0 Å². The van der Waals surface area contributed by atoms with Gasteiger partial charge in [0.2, 0.25) is 11.6 Å². The summed E-state index contributed by atoms with van der Waals surface area (Å²) in [5.74, 6) is 0.512. The van der Waals surface area contributed by atoms with Gasteiger partial charge in [-0.3, -0.25) is 9.98 Å². The van der Waals surface area contributed by atoms with Crippen LogP contribution in [0.3, 0.4) is 0 Å². The zero-order valence-electron chi connectivity index (χ0n) is 7.61. The first-order valence-corrected chi connectivity index (χ1v) is 4.02. The Labute approximate surface area is 75.3 Å². The molecule has 0 unspecified atom stereocenters. The number of rotatable bonds is 1. The topological polar surface area (TPSA) is 67.0 Å². The van der Waals surface area contributed by atoms with Crippen LogP contribution in [0.15, 0.2) is 0 Å². The van der Waals surface area contributed by atoms with E-state index < -0.39 is 0 Å². The van der Waals surface area contributed by atoms with Gasteiger partial charge in [-0.2, -0.15) is 9.97 Å². The Morgan fingerprint density at radius 2 is 2.23 bits per heavy atom. The molecule has 0 amide bonds. The van der Waals surface area contributed by atoms with Crippen molar-refractivity contribution in [2.45, 2.75) is 6.54 Å². The molecule has 6 heteroatoms. The molecule has 2 rings (SSSR count). The maximum absolute atomic E-state index is 7.59. The van der Waals surface area contributed by atoms with Crippen LogP contribution in [-0.2, 0) is 6.54 Å². The van der Waals surface area contributed by atoms with Crippen molar-refractivity contribution in [1.82, 2.24) is 14.5 Å². The van der Waals surface area contributed by atoms with E-state index in [-0.39, 0.29) is 5.62 Å². The molecule has 0 bridgehead atoms. The second-order valence-corrected chi connectivity index (χ2v) is 3.02. The van der Waals surface area contributed by atoms with Crippen LogP contribution in [0.5, 0.6) is 6.01 Å². The highest BCUT2D eigenvalue weighted by Crippen LogP contribution is 2.12. The van der Waals surface area contributed by atoms with Crippen molar-refractivity contribution in [3.05, 3.63) is 5.62 Å². The minimum absolute atomic E-state index is 0.200. The third-order valence-electron chi connectivity index (χ3n) is 1.83. The molecule has 13 heavy (non-hydrogen) atoms. The molecule has 0 fully saturated rings. The molecule has 0 atom stereocenters. The summed E-state index contributed by atoms with van der Waals surface area (Å²) >= 11 is 0. The summed E-state index contributed by atoms with van der Waals surface area (Å²) in [6.45, 7) is 1.25. The van der Waals surface area contributed by atoms with E-state index >= 15 is 0 Å². The van der Waals surface area contributed by atoms with Crippen molar-refractivity contribution >= 4 is 5.95 Å². The fraction of sp³-hybridized carbons (Fsp3) is 0.571. The zero-order valence-corrected chi connectivity index (χ0v) is 7.61. The SMILES string of the molecule is CN(C)c1nc2n(c(=N)n1)CCO2. The van der Waals surface area contributed by atoms with Crippen molar-refractivity contribution in [1.29, 1.82) is 5.41 Å². The van der Waals surface area contributed by atoms with Gasteiger partial charge >= 0.3 is 6.01 Å². The quantitative estimate of drug-likeness (QED) is 0.617. The lowest BCUT2D eigenvalue weighted by molar-refractivity contribution is 0.344. The van der Waals surface area contributed by atoms with Gasteiger partial charge < -0.3 is 9.64 Å². The normalized spacial score (nSPS) is 13.7. The first-order chi connectivity index (χ1) is 6.18. The van der Waals surface area contributed by atoms with Gasteiger partial charge in [-0.05, 0) is 0 Å². The van der Waals surface area contributed by atoms with Crippen LogP contribution in [-0.4, -0.2) is 35.2 Å². The number of hydrogen-bond acceptors (Lipinski definition) is 5. The van der Waals surface area contributed by atoms with E-state index in [2.05, 4.69) is 9.97 Å². The Bertz CT molecular complexity index is 383. The number of hydrogen-bond donors (Lipinski definition) is 1. The van der Waals surface area contributed by atoms with Gasteiger partial charge in [0.15, 0.2) is 0 Å². The van der Waals surface area contributed by atoms with Crippen molar-refractivity contribution in [2.75, 3.05) is 25.6 Å². The van der Waals surface area contributed by atoms with Crippen LogP contribution in [0.1, 0.15) is 0 Å². The third-order valence-corrected chi connectivity index (χ3v) is 1.83. The van der Waals surface area contributed by atoms with Crippen LogP contribution in [0.2, 0.25) is 0 Å². The van der Waals surface area contributed by atoms with Crippen LogP contribution < -0.4 is 15.3 Å². The average Bonchev–Trinajstić information content (AvgIpc) is 2.51. The van der Waals surface area contributed by atoms with Crippen LogP contribution in [0.25, 0.3) is 0 Å². The summed E-state index contributed by atoms with van der Waals surface area (Å²) in [5, 5.41) is 7.59. The molecule has 6 nitrogen and oxygen atoms in total. The van der Waals surface area contributed by atoms with Gasteiger partial charge in [-0.1, -0.05) is 0 Å². The molecule has 0 saturated heterocycles. The van der Waals surface area contributed by atoms with E-state index in [1.165, 1.54) is 0 Å². The summed E-state index contributed by atoms with van der Waals surface area (Å²) in [5.41, 5.74) is 0.200. The van der Waals surface area contributed by atoms with E-state index in [1.54, 1.807) is 9.47 Å². The van der Waals surface area contributed by atoms with Crippen molar-refractivity contribution in [3.63, 3.8) is 0 Å². The highest BCUT2D eigenvalue weighted by atomic mass is 16.5. The second kappa shape index (κ2) is 2.72. The predicted octanol–water partition coefficient (Wildman–Crippen LogP) is -0.784. The monoisotopic (exact) mass is 181 g/mol. The Kier molecular flexibility index (Phi) is 1.68. The Morgan fingerprint density at radius 1 is 1.46 bits per heavy atom. The molecule has 0 saturated carbocycles. The summed E-state index contributed by atoms with van der Waals surface area (Å²) in [6.07, 6.45) is 0. The average molecular weight is 181 g/mol. The molecule has 1 aromatic heterocycles. The van der Waals surface area contributed by atoms with Gasteiger partial charge in [0.25, 0.3) is 0 Å². The Balaban J connectivity index is 2.56. The van der Waals surface area contributed by atoms with E-state index in [9.17, 15) is 0 Å². The first-order valence-electron chi connectivity index (χ1n) is 4.02. The van der Waals surface area contributed by atoms with E-state index in [0.29, 0.717) is 25.1 Å². The molecular formula is C7H11N5O. The van der Waals surface area contributed by atoms with Gasteiger partial charge in [0.05, 0.1) is 6.54 Å². The second-order valence-electron chi connectivity index (χ2n) is 3.02. The zero-order chi connectivity index (χ0) is 9.42. The molecule has 1 N–H and O–H groups in total. The molecule has 0 aromatic carbocycles. The molecule has 0 spiro atoms. The van der Waals surface area contributed by atoms with Crippen LogP contribution in [0, 0.1) is 5.41 Å². The minimum Gasteiger partial charge on any atom is -0.463 e. The van der Waals surface area contributed by atoms with Gasteiger partial charge in [0, 0.05) is 14.1 Å².